The number of H-pyrrole nitrogens is 1. The SMILES string of the molecule is CC1(C)CCC(CN2CCN(c3ccc(C(=O)NS(=O)(=O)c4ccc(NCC5CCOCC5)c([N+](=O)[O-])c4)c(N4C[C@H](CO)COc5nc6[nH]ccc6cc54)c3)CC2)=C(c2ccc(Cl)cc2)C1. The van der Waals surface area contributed by atoms with E-state index in [2.05, 4.69) is 50.8 Å². The van der Waals surface area contributed by atoms with Gasteiger partial charge in [-0.3, -0.25) is 19.8 Å². The van der Waals surface area contributed by atoms with Crippen LogP contribution >= 0.6 is 11.6 Å². The van der Waals surface area contributed by atoms with Gasteiger partial charge in [-0.05, 0) is 109 Å². The number of nitro groups is 1. The topological polar surface area (TPSA) is 195 Å². The number of carbonyl (C=O) groups excluding carboxylic acids is 1. The Morgan fingerprint density at radius 1 is 1.00 bits per heavy atom. The lowest BCUT2D eigenvalue weighted by molar-refractivity contribution is -0.384. The Morgan fingerprint density at radius 3 is 2.52 bits per heavy atom. The molecular formula is C49H57ClN8O8S. The number of benzene rings is 3. The standard InChI is InChI=1S/C49H57ClN8O8S/c1-49(2)15-11-36(41(26-49)34-3-5-37(50)6-4-34)29-55-17-19-56(20-18-55)38-7-9-40(43(24-38)57-28-33(30-59)31-66-48-45(57)23-35-12-16-51-46(35)53-48)47(60)54-67(63,64)39-8-10-42(44(25-39)58(61)62)52-27-32-13-21-65-22-14-32/h3-10,12,16,23-25,32-33,52,59H,11,13-15,17-22,26-31H2,1-2H3,(H,51,53)(H,54,60)/t33-/m1/s1. The monoisotopic (exact) mass is 952 g/mol. The van der Waals surface area contributed by atoms with Gasteiger partial charge in [-0.1, -0.05) is 43.2 Å². The molecule has 0 spiro atoms. The smallest absolute Gasteiger partial charge is 0.293 e. The minimum Gasteiger partial charge on any atom is -0.476 e. The summed E-state index contributed by atoms with van der Waals surface area (Å²) in [6.07, 6.45) is 6.55. The molecule has 16 nitrogen and oxygen atoms in total. The fourth-order valence-corrected chi connectivity index (χ4v) is 10.8. The maximum Gasteiger partial charge on any atom is 0.293 e. The molecule has 0 radical (unpaired) electrons. The van der Waals surface area contributed by atoms with Gasteiger partial charge in [0.1, 0.15) is 17.0 Å². The van der Waals surface area contributed by atoms with E-state index in [0.717, 1.165) is 73.9 Å². The van der Waals surface area contributed by atoms with Crippen LogP contribution in [0.3, 0.4) is 0 Å². The summed E-state index contributed by atoms with van der Waals surface area (Å²) in [5.74, 6) is -0.774. The van der Waals surface area contributed by atoms with Gasteiger partial charge in [-0.2, -0.15) is 4.98 Å². The molecule has 5 aromatic rings. The van der Waals surface area contributed by atoms with Gasteiger partial charge < -0.3 is 34.7 Å². The lowest BCUT2D eigenvalue weighted by Gasteiger charge is -2.39. The van der Waals surface area contributed by atoms with Crippen molar-refractivity contribution in [3.8, 4) is 5.88 Å². The van der Waals surface area contributed by atoms with Crippen molar-refractivity contribution < 1.29 is 32.7 Å². The third-order valence-corrected chi connectivity index (χ3v) is 15.2. The van der Waals surface area contributed by atoms with Crippen LogP contribution in [0.25, 0.3) is 16.6 Å². The van der Waals surface area contributed by atoms with Gasteiger partial charge in [-0.25, -0.2) is 13.1 Å². The number of nitrogens with zero attached hydrogens (tertiary/aromatic N) is 5. The molecule has 4 N–H and O–H groups in total. The zero-order valence-corrected chi connectivity index (χ0v) is 39.4. The minimum absolute atomic E-state index is 0.0378. The summed E-state index contributed by atoms with van der Waals surface area (Å²) < 4.78 is 41.8. The summed E-state index contributed by atoms with van der Waals surface area (Å²) in [4.78, 5) is 40.1. The Morgan fingerprint density at radius 2 is 1.78 bits per heavy atom. The van der Waals surface area contributed by atoms with Gasteiger partial charge in [0.2, 0.25) is 5.88 Å². The first kappa shape index (κ1) is 46.4. The molecule has 1 aliphatic carbocycles. The Balaban J connectivity index is 1.01. The summed E-state index contributed by atoms with van der Waals surface area (Å²) >= 11 is 6.27. The number of aliphatic hydroxyl groups excluding tert-OH is 1. The molecule has 2 aromatic heterocycles. The molecule has 1 amide bonds. The number of aliphatic hydroxyl groups is 1. The van der Waals surface area contributed by atoms with Crippen LogP contribution in [0, 0.1) is 27.4 Å². The molecule has 0 saturated carbocycles. The Labute approximate surface area is 395 Å². The number of piperazine rings is 1. The number of carbonyl (C=O) groups is 1. The average Bonchev–Trinajstić information content (AvgIpc) is 3.71. The molecule has 5 heterocycles. The number of nitro benzene ring substituents is 1. The van der Waals surface area contributed by atoms with Crippen molar-refractivity contribution in [3.05, 3.63) is 111 Å². The van der Waals surface area contributed by atoms with E-state index in [0.29, 0.717) is 55.7 Å². The molecule has 4 aliphatic rings. The van der Waals surface area contributed by atoms with Crippen LogP contribution in [-0.4, -0.2) is 111 Å². The van der Waals surface area contributed by atoms with Crippen molar-refractivity contribution >= 4 is 72.6 Å². The highest BCUT2D eigenvalue weighted by Crippen LogP contribution is 2.44. The summed E-state index contributed by atoms with van der Waals surface area (Å²) in [5.41, 5.74) is 6.45. The first-order valence-electron chi connectivity index (χ1n) is 23.0. The fourth-order valence-electron chi connectivity index (χ4n) is 9.65. The molecule has 0 unspecified atom stereocenters. The number of hydrogen-bond acceptors (Lipinski definition) is 13. The maximum absolute atomic E-state index is 14.5. The van der Waals surface area contributed by atoms with Crippen LogP contribution in [-0.2, 0) is 14.8 Å². The number of amides is 1. The van der Waals surface area contributed by atoms with Crippen molar-refractivity contribution in [2.75, 3.05) is 87.4 Å². The molecule has 1 atom stereocenters. The molecule has 3 aliphatic heterocycles. The van der Waals surface area contributed by atoms with Gasteiger partial charge in [0.05, 0.1) is 34.3 Å². The van der Waals surface area contributed by atoms with E-state index in [1.165, 1.54) is 28.8 Å². The van der Waals surface area contributed by atoms with E-state index < -0.39 is 37.4 Å². The lowest BCUT2D eigenvalue weighted by atomic mass is 9.72. The van der Waals surface area contributed by atoms with Crippen LogP contribution in [0.5, 0.6) is 5.88 Å². The van der Waals surface area contributed by atoms with Crippen molar-refractivity contribution in [2.45, 2.75) is 50.8 Å². The fraction of sp³-hybridized carbons (Fsp3) is 0.429. The number of aromatic amines is 1. The van der Waals surface area contributed by atoms with Crippen LogP contribution in [0.4, 0.5) is 28.4 Å². The van der Waals surface area contributed by atoms with Crippen LogP contribution in [0.1, 0.15) is 61.9 Å². The van der Waals surface area contributed by atoms with Gasteiger partial charge in [0, 0.05) is 93.3 Å². The third-order valence-electron chi connectivity index (χ3n) is 13.6. The third kappa shape index (κ3) is 10.4. The van der Waals surface area contributed by atoms with Crippen molar-refractivity contribution in [3.63, 3.8) is 0 Å². The number of allylic oxidation sites excluding steroid dienone is 1. The number of halogens is 1. The summed E-state index contributed by atoms with van der Waals surface area (Å²) in [6.45, 7) is 10.4. The second kappa shape index (κ2) is 19.5. The normalized spacial score (nSPS) is 19.4. The number of ether oxygens (including phenoxy) is 2. The molecule has 2 saturated heterocycles. The van der Waals surface area contributed by atoms with Crippen LogP contribution in [0.2, 0.25) is 5.02 Å². The van der Waals surface area contributed by atoms with Crippen LogP contribution in [0.15, 0.2) is 89.5 Å². The van der Waals surface area contributed by atoms with Crippen molar-refractivity contribution in [1.82, 2.24) is 19.6 Å². The van der Waals surface area contributed by atoms with E-state index in [-0.39, 0.29) is 42.3 Å². The lowest BCUT2D eigenvalue weighted by Crippen LogP contribution is -2.47. The van der Waals surface area contributed by atoms with Gasteiger partial charge in [0.15, 0.2) is 0 Å². The number of hydrogen-bond donors (Lipinski definition) is 4. The predicted molar refractivity (Wildman–Crippen MR) is 260 cm³/mol. The molecule has 0 bridgehead atoms. The zero-order chi connectivity index (χ0) is 46.9. The van der Waals surface area contributed by atoms with Crippen LogP contribution < -0.4 is 24.6 Å². The first-order valence-corrected chi connectivity index (χ1v) is 24.8. The number of aromatic nitrogens is 2. The molecule has 2 fully saturated rings. The molecule has 18 heteroatoms. The van der Waals surface area contributed by atoms with Gasteiger partial charge >= 0.3 is 0 Å². The second-order valence-corrected chi connectivity index (χ2v) is 21.0. The largest absolute Gasteiger partial charge is 0.476 e. The van der Waals surface area contributed by atoms with E-state index in [1.807, 2.05) is 41.3 Å². The highest BCUT2D eigenvalue weighted by atomic mass is 35.5. The molecular weight excluding hydrogens is 896 g/mol. The van der Waals surface area contributed by atoms with E-state index in [4.69, 9.17) is 26.1 Å². The number of fused-ring (bicyclic) bond motifs is 2. The number of sulfonamides is 1. The highest BCUT2D eigenvalue weighted by molar-refractivity contribution is 7.90. The van der Waals surface area contributed by atoms with E-state index in [1.54, 1.807) is 12.3 Å². The average molecular weight is 954 g/mol. The molecule has 67 heavy (non-hydrogen) atoms. The predicted octanol–water partition coefficient (Wildman–Crippen LogP) is 8.01. The maximum atomic E-state index is 14.5. The first-order chi connectivity index (χ1) is 32.2. The number of anilines is 4. The van der Waals surface area contributed by atoms with E-state index in [9.17, 15) is 28.4 Å². The zero-order valence-electron chi connectivity index (χ0n) is 37.8. The quantitative estimate of drug-likeness (QED) is 0.0656. The number of pyridine rings is 1. The molecule has 9 rings (SSSR count). The second-order valence-electron chi connectivity index (χ2n) is 18.9. The summed E-state index contributed by atoms with van der Waals surface area (Å²) in [7, 11) is -4.62. The van der Waals surface area contributed by atoms with Gasteiger partial charge in [-0.15, -0.1) is 0 Å². The molecule has 3 aromatic carbocycles. The highest BCUT2D eigenvalue weighted by Gasteiger charge is 2.33. The van der Waals surface area contributed by atoms with Crippen molar-refractivity contribution in [2.24, 2.45) is 17.3 Å². The van der Waals surface area contributed by atoms with E-state index >= 15 is 0 Å². The molecule has 354 valence electrons. The Hall–Kier alpha value is -5.72. The Bertz CT molecular complexity index is 2780. The number of rotatable bonds is 13. The van der Waals surface area contributed by atoms with Gasteiger partial charge in [0.25, 0.3) is 21.6 Å². The number of nitrogens with one attached hydrogen (secondary N) is 3. The Kier molecular flexibility index (Phi) is 13.5. The summed E-state index contributed by atoms with van der Waals surface area (Å²) in [5, 5.41) is 27.4. The minimum atomic E-state index is -4.62. The van der Waals surface area contributed by atoms with Crippen molar-refractivity contribution in [1.29, 1.82) is 0 Å². The summed E-state index contributed by atoms with van der Waals surface area (Å²) in [6, 6.07) is 20.8.